The average Bonchev–Trinajstić information content (AvgIpc) is 3.31. The van der Waals surface area contributed by atoms with Crippen molar-refractivity contribution >= 4 is 13.8 Å². The van der Waals surface area contributed by atoms with Gasteiger partial charge in [-0.25, -0.2) is 4.57 Å². The van der Waals surface area contributed by atoms with Crippen LogP contribution in [0.4, 0.5) is 0 Å². The second-order valence-electron chi connectivity index (χ2n) is 21.4. The first-order chi connectivity index (χ1) is 33.6. The van der Waals surface area contributed by atoms with Crippen molar-refractivity contribution in [2.75, 3.05) is 54.1 Å². The van der Waals surface area contributed by atoms with Crippen molar-refractivity contribution in [3.05, 3.63) is 36.5 Å². The molecule has 0 aliphatic rings. The van der Waals surface area contributed by atoms with E-state index in [1.807, 2.05) is 21.1 Å². The normalized spacial score (nSPS) is 13.7. The summed E-state index contributed by atoms with van der Waals surface area (Å²) in [6, 6.07) is 0. The average molecular weight is 996 g/mol. The Morgan fingerprint density at radius 3 is 1.19 bits per heavy atom. The quantitative estimate of drug-likeness (QED) is 0.0213. The maximum Gasteiger partial charge on any atom is 0.472 e. The lowest BCUT2D eigenvalue weighted by molar-refractivity contribution is -0.870. The van der Waals surface area contributed by atoms with Crippen LogP contribution in [-0.4, -0.2) is 75.6 Å². The van der Waals surface area contributed by atoms with Crippen LogP contribution in [0.5, 0.6) is 0 Å². The summed E-state index contributed by atoms with van der Waals surface area (Å²) in [5, 5.41) is 0. The topological polar surface area (TPSA) is 91.3 Å². The van der Waals surface area contributed by atoms with Crippen LogP contribution < -0.4 is 0 Å². The number of phosphoric acid groups is 1. The first-order valence-electron chi connectivity index (χ1n) is 29.7. The number of quaternary nitrogens is 1. The largest absolute Gasteiger partial charge is 0.472 e. The zero-order valence-corrected chi connectivity index (χ0v) is 47.5. The van der Waals surface area contributed by atoms with Gasteiger partial charge in [-0.05, 0) is 51.4 Å². The van der Waals surface area contributed by atoms with Crippen LogP contribution >= 0.6 is 7.82 Å². The molecule has 0 heterocycles. The Bertz CT molecular complexity index is 1200. The molecule has 0 fully saturated rings. The van der Waals surface area contributed by atoms with Crippen molar-refractivity contribution in [3.8, 4) is 0 Å². The van der Waals surface area contributed by atoms with E-state index >= 15 is 0 Å². The van der Waals surface area contributed by atoms with Crippen LogP contribution in [-0.2, 0) is 27.9 Å². The highest BCUT2D eigenvalue weighted by Crippen LogP contribution is 2.43. The van der Waals surface area contributed by atoms with Crippen molar-refractivity contribution in [1.82, 2.24) is 0 Å². The van der Waals surface area contributed by atoms with Gasteiger partial charge in [0.05, 0.1) is 34.4 Å². The van der Waals surface area contributed by atoms with Crippen molar-refractivity contribution in [3.63, 3.8) is 0 Å². The second-order valence-corrected chi connectivity index (χ2v) is 22.8. The monoisotopic (exact) mass is 995 g/mol. The molecule has 408 valence electrons. The molecule has 2 unspecified atom stereocenters. The lowest BCUT2D eigenvalue weighted by atomic mass is 10.0. The molecule has 2 atom stereocenters. The Hall–Kier alpha value is -1.28. The molecular formula is C60H117NO7P+. The van der Waals surface area contributed by atoms with Crippen LogP contribution in [0.25, 0.3) is 0 Å². The fourth-order valence-electron chi connectivity index (χ4n) is 8.62. The zero-order valence-electron chi connectivity index (χ0n) is 46.6. The molecule has 0 spiro atoms. The minimum Gasteiger partial charge on any atom is -0.457 e. The molecule has 0 aliphatic heterocycles. The lowest BCUT2D eigenvalue weighted by Crippen LogP contribution is -2.37. The standard InChI is InChI=1S/C60H116NO7P/c1-6-8-10-12-14-16-18-20-22-24-26-28-30-32-34-36-38-40-42-44-46-48-50-52-55-65-57-59(58-67-69(63,64)66-56-54-61(3,4)5)68-60(62)53-51-49-47-45-43-41-39-37-35-33-31-29-27-25-23-21-19-17-15-13-11-9-7-2/h18,20,24,26,30,32,59H,6-17,19,21-23,25,27-29,31,33-58H2,1-5H3/p+1/b20-18-,26-24-,32-30-. The summed E-state index contributed by atoms with van der Waals surface area (Å²) in [6.07, 6.45) is 66.4. The van der Waals surface area contributed by atoms with Gasteiger partial charge in [0.25, 0.3) is 0 Å². The van der Waals surface area contributed by atoms with Gasteiger partial charge >= 0.3 is 13.8 Å². The molecule has 69 heavy (non-hydrogen) atoms. The third kappa shape index (κ3) is 57.5. The molecule has 8 nitrogen and oxygen atoms in total. The van der Waals surface area contributed by atoms with Gasteiger partial charge in [0.1, 0.15) is 19.3 Å². The van der Waals surface area contributed by atoms with E-state index in [0.717, 1.165) is 44.9 Å². The van der Waals surface area contributed by atoms with Gasteiger partial charge in [0, 0.05) is 13.0 Å². The molecule has 0 rings (SSSR count). The number of rotatable bonds is 56. The summed E-state index contributed by atoms with van der Waals surface area (Å²) in [6.45, 7) is 5.66. The van der Waals surface area contributed by atoms with Crippen LogP contribution in [0, 0.1) is 0 Å². The highest BCUT2D eigenvalue weighted by molar-refractivity contribution is 7.47. The molecule has 0 aromatic heterocycles. The van der Waals surface area contributed by atoms with Crippen LogP contribution in [0.2, 0.25) is 0 Å². The SMILES string of the molecule is CCCCCCC/C=C\C/C=C\C/C=C\CCCCCCCCCCCOCC(COP(=O)(O)OCC[N+](C)(C)C)OC(=O)CCCCCCCCCCCCCCCCCCCCCCCCC. The Morgan fingerprint density at radius 1 is 0.449 bits per heavy atom. The Morgan fingerprint density at radius 2 is 0.797 bits per heavy atom. The number of hydrogen-bond acceptors (Lipinski definition) is 6. The Balaban J connectivity index is 4.05. The predicted octanol–water partition coefficient (Wildman–Crippen LogP) is 18.8. The Labute approximate surface area is 429 Å². The maximum absolute atomic E-state index is 12.8. The smallest absolute Gasteiger partial charge is 0.457 e. The van der Waals surface area contributed by atoms with Crippen LogP contribution in [0.1, 0.15) is 284 Å². The number of unbranched alkanes of at least 4 members (excludes halogenated alkanes) is 36. The van der Waals surface area contributed by atoms with E-state index < -0.39 is 13.9 Å². The highest BCUT2D eigenvalue weighted by atomic mass is 31.2. The third-order valence-electron chi connectivity index (χ3n) is 13.2. The molecular weight excluding hydrogens is 878 g/mol. The Kier molecular flexibility index (Phi) is 52.0. The number of hydrogen-bond donors (Lipinski definition) is 1. The molecule has 0 aromatic carbocycles. The fourth-order valence-corrected chi connectivity index (χ4v) is 9.36. The minimum atomic E-state index is -4.29. The zero-order chi connectivity index (χ0) is 50.5. The fraction of sp³-hybridized carbons (Fsp3) is 0.883. The van der Waals surface area contributed by atoms with Gasteiger partial charge in [0.2, 0.25) is 0 Å². The van der Waals surface area contributed by atoms with Crippen molar-refractivity contribution in [1.29, 1.82) is 0 Å². The highest BCUT2D eigenvalue weighted by Gasteiger charge is 2.26. The van der Waals surface area contributed by atoms with Crippen molar-refractivity contribution in [2.24, 2.45) is 0 Å². The molecule has 0 bridgehead atoms. The van der Waals surface area contributed by atoms with E-state index in [0.29, 0.717) is 24.1 Å². The van der Waals surface area contributed by atoms with Gasteiger partial charge in [-0.2, -0.15) is 0 Å². The molecule has 0 saturated carbocycles. The van der Waals surface area contributed by atoms with Crippen molar-refractivity contribution in [2.45, 2.75) is 290 Å². The number of carbonyl (C=O) groups is 1. The second kappa shape index (κ2) is 53.0. The third-order valence-corrected chi connectivity index (χ3v) is 14.2. The lowest BCUT2D eigenvalue weighted by Gasteiger charge is -2.24. The summed E-state index contributed by atoms with van der Waals surface area (Å²) in [7, 11) is 1.68. The summed E-state index contributed by atoms with van der Waals surface area (Å²) in [4.78, 5) is 23.1. The molecule has 0 radical (unpaired) electrons. The van der Waals surface area contributed by atoms with Gasteiger partial charge in [-0.15, -0.1) is 0 Å². The van der Waals surface area contributed by atoms with Crippen LogP contribution in [0.3, 0.4) is 0 Å². The number of phosphoric ester groups is 1. The van der Waals surface area contributed by atoms with Crippen LogP contribution in [0.15, 0.2) is 36.5 Å². The van der Waals surface area contributed by atoms with Gasteiger partial charge < -0.3 is 18.9 Å². The maximum atomic E-state index is 12.8. The van der Waals surface area contributed by atoms with E-state index in [4.69, 9.17) is 18.5 Å². The van der Waals surface area contributed by atoms with E-state index in [1.165, 1.54) is 218 Å². The van der Waals surface area contributed by atoms with E-state index in [1.54, 1.807) is 0 Å². The number of ether oxygens (including phenoxy) is 2. The van der Waals surface area contributed by atoms with Crippen molar-refractivity contribution < 1.29 is 37.3 Å². The van der Waals surface area contributed by atoms with Gasteiger partial charge in [-0.1, -0.05) is 262 Å². The van der Waals surface area contributed by atoms with E-state index in [2.05, 4.69) is 50.3 Å². The van der Waals surface area contributed by atoms with Gasteiger partial charge in [0.15, 0.2) is 0 Å². The molecule has 1 N–H and O–H groups in total. The molecule has 0 aliphatic carbocycles. The number of nitrogens with zero attached hydrogens (tertiary/aromatic N) is 1. The number of likely N-dealkylation sites (N-methyl/N-ethyl adjacent to an activating group) is 1. The minimum absolute atomic E-state index is 0.0890. The first-order valence-corrected chi connectivity index (χ1v) is 31.2. The molecule has 0 aromatic rings. The number of allylic oxidation sites excluding steroid dienone is 6. The summed E-state index contributed by atoms with van der Waals surface area (Å²) in [5.41, 5.74) is 0. The van der Waals surface area contributed by atoms with E-state index in [-0.39, 0.29) is 25.8 Å². The van der Waals surface area contributed by atoms with E-state index in [9.17, 15) is 14.3 Å². The molecule has 0 saturated heterocycles. The summed E-state index contributed by atoms with van der Waals surface area (Å²) < 4.78 is 35.3. The predicted molar refractivity (Wildman–Crippen MR) is 298 cm³/mol. The summed E-state index contributed by atoms with van der Waals surface area (Å²) >= 11 is 0. The summed E-state index contributed by atoms with van der Waals surface area (Å²) in [5.74, 6) is -0.309. The molecule has 9 heteroatoms. The van der Waals surface area contributed by atoms with Gasteiger partial charge in [-0.3, -0.25) is 13.8 Å². The number of carbonyl (C=O) groups excluding carboxylic acids is 1. The molecule has 0 amide bonds. The number of esters is 1. The first kappa shape index (κ1) is 67.7.